The standard InChI is InChI=1S/C11H24N2/c1-9(2)7-8-10(3)12-13-11(4,5)6/h9,13H,7-8H2,1-6H3. The predicted octanol–water partition coefficient (Wildman–Crippen LogP) is 3.19. The topological polar surface area (TPSA) is 24.4 Å². The van der Waals surface area contributed by atoms with Gasteiger partial charge in [0.25, 0.3) is 0 Å². The summed E-state index contributed by atoms with van der Waals surface area (Å²) in [5.41, 5.74) is 4.41. The summed E-state index contributed by atoms with van der Waals surface area (Å²) in [6.45, 7) is 12.9. The largest absolute Gasteiger partial charge is 0.305 e. The van der Waals surface area contributed by atoms with Gasteiger partial charge >= 0.3 is 0 Å². The Balaban J connectivity index is 3.76. The molecule has 0 radical (unpaired) electrons. The number of hydrogen-bond acceptors (Lipinski definition) is 2. The van der Waals surface area contributed by atoms with Crippen LogP contribution in [0.4, 0.5) is 0 Å². The van der Waals surface area contributed by atoms with E-state index >= 15 is 0 Å². The molecule has 0 aliphatic heterocycles. The summed E-state index contributed by atoms with van der Waals surface area (Å²) >= 11 is 0. The molecule has 0 saturated heterocycles. The average Bonchev–Trinajstić information content (AvgIpc) is 1.95. The van der Waals surface area contributed by atoms with Crippen molar-refractivity contribution in [2.24, 2.45) is 11.0 Å². The third-order valence-corrected chi connectivity index (χ3v) is 1.67. The molecule has 0 bridgehead atoms. The fourth-order valence-corrected chi connectivity index (χ4v) is 0.817. The summed E-state index contributed by atoms with van der Waals surface area (Å²) in [5.74, 6) is 0.764. The number of hydrazone groups is 1. The van der Waals surface area contributed by atoms with E-state index in [2.05, 4.69) is 52.1 Å². The van der Waals surface area contributed by atoms with Gasteiger partial charge in [0, 0.05) is 11.3 Å². The monoisotopic (exact) mass is 184 g/mol. The van der Waals surface area contributed by atoms with Crippen LogP contribution in [-0.2, 0) is 0 Å². The van der Waals surface area contributed by atoms with Crippen LogP contribution in [0.1, 0.15) is 54.4 Å². The van der Waals surface area contributed by atoms with Crippen molar-refractivity contribution in [3.63, 3.8) is 0 Å². The van der Waals surface area contributed by atoms with Crippen molar-refractivity contribution in [2.45, 2.75) is 59.9 Å². The fourth-order valence-electron chi connectivity index (χ4n) is 0.817. The highest BCUT2D eigenvalue weighted by molar-refractivity contribution is 5.81. The quantitative estimate of drug-likeness (QED) is 0.526. The van der Waals surface area contributed by atoms with E-state index in [1.165, 1.54) is 12.1 Å². The Morgan fingerprint density at radius 1 is 1.31 bits per heavy atom. The van der Waals surface area contributed by atoms with E-state index in [9.17, 15) is 0 Å². The van der Waals surface area contributed by atoms with Crippen LogP contribution in [0.2, 0.25) is 0 Å². The Morgan fingerprint density at radius 2 is 1.85 bits per heavy atom. The van der Waals surface area contributed by atoms with E-state index in [1.54, 1.807) is 0 Å². The van der Waals surface area contributed by atoms with Crippen molar-refractivity contribution in [1.82, 2.24) is 5.43 Å². The van der Waals surface area contributed by atoms with Gasteiger partial charge in [-0.1, -0.05) is 13.8 Å². The SMILES string of the molecule is CC(CCC(C)C)=NNC(C)(C)C. The van der Waals surface area contributed by atoms with Crippen molar-refractivity contribution in [3.05, 3.63) is 0 Å². The van der Waals surface area contributed by atoms with Gasteiger partial charge in [-0.15, -0.1) is 0 Å². The number of hydrogen-bond donors (Lipinski definition) is 1. The van der Waals surface area contributed by atoms with Gasteiger partial charge in [-0.25, -0.2) is 0 Å². The molecule has 0 spiro atoms. The van der Waals surface area contributed by atoms with E-state index in [-0.39, 0.29) is 5.54 Å². The molecule has 2 heteroatoms. The molecule has 0 saturated carbocycles. The Morgan fingerprint density at radius 3 is 2.23 bits per heavy atom. The molecular weight excluding hydrogens is 160 g/mol. The van der Waals surface area contributed by atoms with Gasteiger partial charge in [0.1, 0.15) is 0 Å². The number of rotatable bonds is 4. The second-order valence-electron chi connectivity index (χ2n) is 5.14. The lowest BCUT2D eigenvalue weighted by Crippen LogP contribution is -2.32. The zero-order valence-corrected chi connectivity index (χ0v) is 9.94. The molecule has 0 aliphatic rings. The Kier molecular flexibility index (Phi) is 5.04. The van der Waals surface area contributed by atoms with Crippen LogP contribution in [0, 0.1) is 5.92 Å². The smallest absolute Gasteiger partial charge is 0.0464 e. The van der Waals surface area contributed by atoms with Crippen molar-refractivity contribution in [1.29, 1.82) is 0 Å². The molecule has 0 amide bonds. The Hall–Kier alpha value is -0.530. The summed E-state index contributed by atoms with van der Waals surface area (Å²) in [6.07, 6.45) is 2.32. The Labute approximate surface area is 82.8 Å². The molecule has 2 nitrogen and oxygen atoms in total. The van der Waals surface area contributed by atoms with Crippen LogP contribution in [0.25, 0.3) is 0 Å². The van der Waals surface area contributed by atoms with E-state index in [0.29, 0.717) is 0 Å². The highest BCUT2D eigenvalue weighted by atomic mass is 15.3. The van der Waals surface area contributed by atoms with E-state index in [1.807, 2.05) is 0 Å². The van der Waals surface area contributed by atoms with Gasteiger partial charge in [0.05, 0.1) is 0 Å². The third kappa shape index (κ3) is 9.38. The zero-order valence-electron chi connectivity index (χ0n) is 9.94. The van der Waals surface area contributed by atoms with E-state index < -0.39 is 0 Å². The number of nitrogens with one attached hydrogen (secondary N) is 1. The second-order valence-corrected chi connectivity index (χ2v) is 5.14. The molecule has 0 rings (SSSR count). The van der Waals surface area contributed by atoms with Crippen molar-refractivity contribution < 1.29 is 0 Å². The van der Waals surface area contributed by atoms with Crippen LogP contribution in [0.15, 0.2) is 5.10 Å². The van der Waals surface area contributed by atoms with Gasteiger partial charge in [0.15, 0.2) is 0 Å². The van der Waals surface area contributed by atoms with Gasteiger partial charge < -0.3 is 5.43 Å². The first-order chi connectivity index (χ1) is 5.81. The zero-order chi connectivity index (χ0) is 10.5. The van der Waals surface area contributed by atoms with Crippen LogP contribution >= 0.6 is 0 Å². The molecule has 0 aliphatic carbocycles. The molecule has 0 unspecified atom stereocenters. The van der Waals surface area contributed by atoms with Crippen molar-refractivity contribution in [3.8, 4) is 0 Å². The highest BCUT2D eigenvalue weighted by Crippen LogP contribution is 2.05. The first-order valence-corrected chi connectivity index (χ1v) is 5.11. The van der Waals surface area contributed by atoms with Crippen molar-refractivity contribution in [2.75, 3.05) is 0 Å². The first-order valence-electron chi connectivity index (χ1n) is 5.11. The maximum atomic E-state index is 4.33. The molecule has 1 N–H and O–H groups in total. The molecule has 13 heavy (non-hydrogen) atoms. The Bertz CT molecular complexity index is 163. The summed E-state index contributed by atoms with van der Waals surface area (Å²) in [5, 5.41) is 4.33. The van der Waals surface area contributed by atoms with Crippen LogP contribution in [-0.4, -0.2) is 11.3 Å². The minimum Gasteiger partial charge on any atom is -0.305 e. The molecule has 0 aromatic rings. The lowest BCUT2D eigenvalue weighted by Gasteiger charge is -2.18. The van der Waals surface area contributed by atoms with Gasteiger partial charge in [0.2, 0.25) is 0 Å². The van der Waals surface area contributed by atoms with Crippen molar-refractivity contribution >= 4 is 5.71 Å². The summed E-state index contributed by atoms with van der Waals surface area (Å²) in [4.78, 5) is 0. The van der Waals surface area contributed by atoms with E-state index in [0.717, 1.165) is 12.3 Å². The first kappa shape index (κ1) is 12.5. The normalized spacial score (nSPS) is 13.6. The second kappa shape index (κ2) is 5.25. The molecular formula is C11H24N2. The van der Waals surface area contributed by atoms with Crippen LogP contribution < -0.4 is 5.43 Å². The molecule has 0 atom stereocenters. The molecule has 0 fully saturated rings. The maximum absolute atomic E-state index is 4.33. The lowest BCUT2D eigenvalue weighted by molar-refractivity contribution is 0.439. The maximum Gasteiger partial charge on any atom is 0.0464 e. The van der Waals surface area contributed by atoms with Crippen LogP contribution in [0.5, 0.6) is 0 Å². The third-order valence-electron chi connectivity index (χ3n) is 1.67. The lowest BCUT2D eigenvalue weighted by atomic mass is 10.1. The molecule has 0 heterocycles. The minimum absolute atomic E-state index is 0.0824. The summed E-state index contributed by atoms with van der Waals surface area (Å²) in [6, 6.07) is 0. The van der Waals surface area contributed by atoms with Gasteiger partial charge in [-0.3, -0.25) is 0 Å². The summed E-state index contributed by atoms with van der Waals surface area (Å²) < 4.78 is 0. The average molecular weight is 184 g/mol. The summed E-state index contributed by atoms with van der Waals surface area (Å²) in [7, 11) is 0. The fraction of sp³-hybridized carbons (Fsp3) is 0.909. The van der Waals surface area contributed by atoms with Gasteiger partial charge in [-0.05, 0) is 46.5 Å². The molecule has 0 aromatic carbocycles. The van der Waals surface area contributed by atoms with E-state index in [4.69, 9.17) is 0 Å². The molecule has 0 aromatic heterocycles. The van der Waals surface area contributed by atoms with Gasteiger partial charge in [-0.2, -0.15) is 5.10 Å². The molecule has 78 valence electrons. The minimum atomic E-state index is 0.0824. The van der Waals surface area contributed by atoms with Crippen LogP contribution in [0.3, 0.4) is 0 Å². The highest BCUT2D eigenvalue weighted by Gasteiger charge is 2.06. The predicted molar refractivity (Wildman–Crippen MR) is 60.1 cm³/mol. The number of nitrogens with zero attached hydrogens (tertiary/aromatic N) is 1.